The Balaban J connectivity index is 2.37. The van der Waals surface area contributed by atoms with Gasteiger partial charge in [-0.2, -0.15) is 0 Å². The highest BCUT2D eigenvalue weighted by atomic mass is 16.5. The lowest BCUT2D eigenvalue weighted by Gasteiger charge is -2.19. The van der Waals surface area contributed by atoms with Crippen LogP contribution in [0.15, 0.2) is 24.3 Å². The largest absolute Gasteiger partial charge is 0.372 e. The highest BCUT2D eigenvalue weighted by Crippen LogP contribution is 2.18. The third-order valence-corrected chi connectivity index (χ3v) is 3.60. The highest BCUT2D eigenvalue weighted by Gasteiger charge is 2.10. The molecule has 1 atom stereocenters. The molecule has 1 aromatic rings. The number of likely N-dealkylation sites (N-methyl/N-ethyl adjacent to an activating group) is 1. The lowest BCUT2D eigenvalue weighted by Crippen LogP contribution is -2.23. The molecular formula is C18H31NO. The molecule has 0 heterocycles. The minimum Gasteiger partial charge on any atom is -0.372 e. The molecule has 0 amide bonds. The summed E-state index contributed by atoms with van der Waals surface area (Å²) in [6.07, 6.45) is 6.63. The van der Waals surface area contributed by atoms with Gasteiger partial charge in [0, 0.05) is 13.2 Å². The summed E-state index contributed by atoms with van der Waals surface area (Å²) in [5, 5.41) is 3.40. The van der Waals surface area contributed by atoms with Gasteiger partial charge in [-0.15, -0.1) is 0 Å². The van der Waals surface area contributed by atoms with Gasteiger partial charge in [-0.05, 0) is 25.5 Å². The van der Waals surface area contributed by atoms with E-state index in [0.717, 1.165) is 19.7 Å². The first-order valence-electron chi connectivity index (χ1n) is 8.16. The van der Waals surface area contributed by atoms with Crippen molar-refractivity contribution in [3.8, 4) is 0 Å². The maximum absolute atomic E-state index is 6.09. The van der Waals surface area contributed by atoms with Crippen LogP contribution in [0.25, 0.3) is 0 Å². The normalized spacial score (nSPS) is 12.6. The van der Waals surface area contributed by atoms with E-state index in [1.54, 1.807) is 0 Å². The number of unbranched alkanes of at least 4 members (excludes halogenated alkanes) is 4. The molecule has 0 fully saturated rings. The fourth-order valence-electron chi connectivity index (χ4n) is 2.26. The Morgan fingerprint density at radius 2 is 1.70 bits per heavy atom. The standard InChI is InChI=1S/C18H31NO/c1-4-6-7-8-9-14-20-18(15-19-5-2)17-12-10-16(3)11-13-17/h10-13,18-19H,4-9,14-15H2,1-3H3. The zero-order chi connectivity index (χ0) is 14.6. The van der Waals surface area contributed by atoms with Gasteiger partial charge < -0.3 is 10.1 Å². The zero-order valence-corrected chi connectivity index (χ0v) is 13.5. The van der Waals surface area contributed by atoms with Crippen LogP contribution in [0.1, 0.15) is 63.2 Å². The first-order chi connectivity index (χ1) is 9.77. The summed E-state index contributed by atoms with van der Waals surface area (Å²) in [6, 6.07) is 8.71. The predicted octanol–water partition coefficient (Wildman–Crippen LogP) is 4.63. The molecule has 0 aliphatic heterocycles. The SMILES string of the molecule is CCCCCCCOC(CNCC)c1ccc(C)cc1. The molecule has 1 N–H and O–H groups in total. The molecule has 114 valence electrons. The minimum absolute atomic E-state index is 0.182. The Bertz CT molecular complexity index is 334. The monoisotopic (exact) mass is 277 g/mol. The summed E-state index contributed by atoms with van der Waals surface area (Å²) >= 11 is 0. The molecule has 2 heteroatoms. The van der Waals surface area contributed by atoms with Crippen LogP contribution >= 0.6 is 0 Å². The lowest BCUT2D eigenvalue weighted by molar-refractivity contribution is 0.0502. The van der Waals surface area contributed by atoms with E-state index in [2.05, 4.69) is 50.4 Å². The summed E-state index contributed by atoms with van der Waals surface area (Å²) in [7, 11) is 0. The van der Waals surface area contributed by atoms with Gasteiger partial charge >= 0.3 is 0 Å². The van der Waals surface area contributed by atoms with Crippen LogP contribution in [-0.4, -0.2) is 19.7 Å². The van der Waals surface area contributed by atoms with Crippen molar-refractivity contribution in [2.24, 2.45) is 0 Å². The molecule has 0 radical (unpaired) electrons. The van der Waals surface area contributed by atoms with Crippen molar-refractivity contribution < 1.29 is 4.74 Å². The number of benzene rings is 1. The zero-order valence-electron chi connectivity index (χ0n) is 13.5. The van der Waals surface area contributed by atoms with E-state index in [9.17, 15) is 0 Å². The van der Waals surface area contributed by atoms with E-state index < -0.39 is 0 Å². The molecular weight excluding hydrogens is 246 g/mol. The fourth-order valence-corrected chi connectivity index (χ4v) is 2.26. The molecule has 2 nitrogen and oxygen atoms in total. The number of nitrogens with one attached hydrogen (secondary N) is 1. The Kier molecular flexibility index (Phi) is 9.35. The Morgan fingerprint density at radius 1 is 1.00 bits per heavy atom. The summed E-state index contributed by atoms with van der Waals surface area (Å²) in [6.45, 7) is 9.26. The number of rotatable bonds is 11. The van der Waals surface area contributed by atoms with Crippen LogP contribution in [0.2, 0.25) is 0 Å². The van der Waals surface area contributed by atoms with Crippen LogP contribution in [0.3, 0.4) is 0 Å². The Labute approximate surface area is 124 Å². The first-order valence-corrected chi connectivity index (χ1v) is 8.16. The Hall–Kier alpha value is -0.860. The predicted molar refractivity (Wildman–Crippen MR) is 87.2 cm³/mol. The van der Waals surface area contributed by atoms with E-state index in [4.69, 9.17) is 4.74 Å². The second-order valence-corrected chi connectivity index (χ2v) is 5.49. The van der Waals surface area contributed by atoms with Crippen molar-refractivity contribution >= 4 is 0 Å². The van der Waals surface area contributed by atoms with Crippen molar-refractivity contribution in [3.05, 3.63) is 35.4 Å². The van der Waals surface area contributed by atoms with Crippen molar-refractivity contribution in [2.75, 3.05) is 19.7 Å². The average Bonchev–Trinajstić information content (AvgIpc) is 2.47. The number of hydrogen-bond donors (Lipinski definition) is 1. The molecule has 0 aliphatic rings. The summed E-state index contributed by atoms with van der Waals surface area (Å²) < 4.78 is 6.09. The molecule has 0 bridgehead atoms. The van der Waals surface area contributed by atoms with Crippen LogP contribution in [0.5, 0.6) is 0 Å². The van der Waals surface area contributed by atoms with Gasteiger partial charge in [-0.3, -0.25) is 0 Å². The summed E-state index contributed by atoms with van der Waals surface area (Å²) in [5.74, 6) is 0. The van der Waals surface area contributed by atoms with Crippen molar-refractivity contribution in [2.45, 2.75) is 59.0 Å². The first kappa shape index (κ1) is 17.2. The number of aryl methyl sites for hydroxylation is 1. The second kappa shape index (κ2) is 10.9. The molecule has 0 aromatic heterocycles. The number of ether oxygens (including phenoxy) is 1. The van der Waals surface area contributed by atoms with E-state index in [-0.39, 0.29) is 6.10 Å². The maximum atomic E-state index is 6.09. The van der Waals surface area contributed by atoms with Gasteiger partial charge in [0.1, 0.15) is 0 Å². The van der Waals surface area contributed by atoms with Crippen LogP contribution in [0.4, 0.5) is 0 Å². The molecule has 20 heavy (non-hydrogen) atoms. The lowest BCUT2D eigenvalue weighted by atomic mass is 10.1. The molecule has 1 unspecified atom stereocenters. The molecule has 0 spiro atoms. The quantitative estimate of drug-likeness (QED) is 0.595. The minimum atomic E-state index is 0.182. The van der Waals surface area contributed by atoms with Gasteiger partial charge in [0.05, 0.1) is 6.10 Å². The Morgan fingerprint density at radius 3 is 2.35 bits per heavy atom. The third-order valence-electron chi connectivity index (χ3n) is 3.60. The van der Waals surface area contributed by atoms with Gasteiger partial charge in [0.15, 0.2) is 0 Å². The van der Waals surface area contributed by atoms with Crippen molar-refractivity contribution in [3.63, 3.8) is 0 Å². The van der Waals surface area contributed by atoms with Gasteiger partial charge in [-0.1, -0.05) is 69.4 Å². The summed E-state index contributed by atoms with van der Waals surface area (Å²) in [5.41, 5.74) is 2.58. The van der Waals surface area contributed by atoms with Gasteiger partial charge in [0.2, 0.25) is 0 Å². The topological polar surface area (TPSA) is 21.3 Å². The highest BCUT2D eigenvalue weighted by molar-refractivity contribution is 5.23. The van der Waals surface area contributed by atoms with Gasteiger partial charge in [0.25, 0.3) is 0 Å². The maximum Gasteiger partial charge on any atom is 0.0949 e. The molecule has 1 aromatic carbocycles. The molecule has 0 saturated carbocycles. The fraction of sp³-hybridized carbons (Fsp3) is 0.667. The van der Waals surface area contributed by atoms with E-state index in [1.165, 1.54) is 43.2 Å². The van der Waals surface area contributed by atoms with E-state index >= 15 is 0 Å². The third kappa shape index (κ3) is 7.06. The summed E-state index contributed by atoms with van der Waals surface area (Å²) in [4.78, 5) is 0. The van der Waals surface area contributed by atoms with E-state index in [0.29, 0.717) is 0 Å². The van der Waals surface area contributed by atoms with Crippen LogP contribution < -0.4 is 5.32 Å². The molecule has 0 saturated heterocycles. The molecule has 1 rings (SSSR count). The molecule has 0 aliphatic carbocycles. The second-order valence-electron chi connectivity index (χ2n) is 5.49. The smallest absolute Gasteiger partial charge is 0.0949 e. The van der Waals surface area contributed by atoms with Crippen molar-refractivity contribution in [1.82, 2.24) is 5.32 Å². The van der Waals surface area contributed by atoms with Crippen LogP contribution in [0, 0.1) is 6.92 Å². The average molecular weight is 277 g/mol. The number of hydrogen-bond acceptors (Lipinski definition) is 2. The van der Waals surface area contributed by atoms with Crippen molar-refractivity contribution in [1.29, 1.82) is 0 Å². The van der Waals surface area contributed by atoms with E-state index in [1.807, 2.05) is 0 Å². The van der Waals surface area contributed by atoms with Crippen LogP contribution in [-0.2, 0) is 4.74 Å². The van der Waals surface area contributed by atoms with Gasteiger partial charge in [-0.25, -0.2) is 0 Å².